The van der Waals surface area contributed by atoms with Crippen LogP contribution in [0.3, 0.4) is 0 Å². The molecule has 0 spiro atoms. The van der Waals surface area contributed by atoms with Crippen molar-refractivity contribution in [3.63, 3.8) is 0 Å². The van der Waals surface area contributed by atoms with Gasteiger partial charge in [0.05, 0.1) is 0 Å². The van der Waals surface area contributed by atoms with Gasteiger partial charge < -0.3 is 15.7 Å². The largest absolute Gasteiger partial charge is 0.480 e. The van der Waals surface area contributed by atoms with Crippen LogP contribution >= 0.6 is 0 Å². The SMILES string of the molecule is CCC(C)[C@H](NC(=O)NCCCCC(F)(F)F)C(=O)O. The standard InChI is InChI=1S/C12H21F3N2O3/c1-3-8(2)9(10(18)19)17-11(20)16-7-5-4-6-12(13,14)15/h8-9H,3-7H2,1-2H3,(H,18,19)(H2,16,17,20)/t8?,9-/m0/s1. The molecule has 0 aromatic heterocycles. The molecule has 0 heterocycles. The minimum atomic E-state index is -4.19. The fraction of sp³-hybridized carbons (Fsp3) is 0.833. The van der Waals surface area contributed by atoms with Crippen molar-refractivity contribution in [3.05, 3.63) is 0 Å². The Labute approximate surface area is 115 Å². The summed E-state index contributed by atoms with van der Waals surface area (Å²) in [6.07, 6.45) is -4.37. The molecule has 0 saturated carbocycles. The normalized spacial score (nSPS) is 14.4. The van der Waals surface area contributed by atoms with Crippen molar-refractivity contribution in [3.8, 4) is 0 Å². The Kier molecular flexibility index (Phi) is 8.02. The Morgan fingerprint density at radius 3 is 2.30 bits per heavy atom. The number of carbonyl (C=O) groups is 2. The lowest BCUT2D eigenvalue weighted by Crippen LogP contribution is -2.49. The lowest BCUT2D eigenvalue weighted by molar-refractivity contribution is -0.140. The summed E-state index contributed by atoms with van der Waals surface area (Å²) in [5, 5.41) is 13.6. The van der Waals surface area contributed by atoms with Gasteiger partial charge in [0.15, 0.2) is 0 Å². The Morgan fingerprint density at radius 2 is 1.85 bits per heavy atom. The van der Waals surface area contributed by atoms with Crippen molar-refractivity contribution >= 4 is 12.0 Å². The second-order valence-electron chi connectivity index (χ2n) is 4.67. The van der Waals surface area contributed by atoms with Gasteiger partial charge in [-0.2, -0.15) is 13.2 Å². The van der Waals surface area contributed by atoms with E-state index in [0.717, 1.165) is 0 Å². The summed E-state index contributed by atoms with van der Waals surface area (Å²) in [7, 11) is 0. The van der Waals surface area contributed by atoms with Gasteiger partial charge in [-0.05, 0) is 18.8 Å². The van der Waals surface area contributed by atoms with Crippen LogP contribution in [0.25, 0.3) is 0 Å². The third-order valence-electron chi connectivity index (χ3n) is 2.94. The number of alkyl halides is 3. The molecule has 3 N–H and O–H groups in total. The van der Waals surface area contributed by atoms with Gasteiger partial charge in [-0.3, -0.25) is 0 Å². The molecule has 0 aromatic rings. The third kappa shape index (κ3) is 8.60. The number of hydrogen-bond donors (Lipinski definition) is 3. The molecule has 0 fully saturated rings. The maximum absolute atomic E-state index is 11.9. The van der Waals surface area contributed by atoms with E-state index >= 15 is 0 Å². The third-order valence-corrected chi connectivity index (χ3v) is 2.94. The summed E-state index contributed by atoms with van der Waals surface area (Å²) in [6, 6.07) is -1.68. The maximum atomic E-state index is 11.9. The lowest BCUT2D eigenvalue weighted by atomic mass is 9.99. The van der Waals surface area contributed by atoms with E-state index in [2.05, 4.69) is 10.6 Å². The van der Waals surface area contributed by atoms with Crippen LogP contribution < -0.4 is 10.6 Å². The number of halogens is 3. The van der Waals surface area contributed by atoms with Crippen LogP contribution in [0.1, 0.15) is 39.5 Å². The van der Waals surface area contributed by atoms with Gasteiger partial charge in [-0.25, -0.2) is 9.59 Å². The Balaban J connectivity index is 3.95. The number of urea groups is 1. The van der Waals surface area contributed by atoms with Gasteiger partial charge in [0.2, 0.25) is 0 Å². The molecule has 8 heteroatoms. The highest BCUT2D eigenvalue weighted by molar-refractivity contribution is 5.82. The van der Waals surface area contributed by atoms with Crippen LogP contribution in [0.2, 0.25) is 0 Å². The summed E-state index contributed by atoms with van der Waals surface area (Å²) >= 11 is 0. The van der Waals surface area contributed by atoms with Crippen molar-refractivity contribution in [2.24, 2.45) is 5.92 Å². The monoisotopic (exact) mass is 298 g/mol. The number of hydrogen-bond acceptors (Lipinski definition) is 2. The molecule has 2 atom stereocenters. The molecule has 0 aliphatic carbocycles. The molecule has 0 saturated heterocycles. The summed E-state index contributed by atoms with van der Waals surface area (Å²) in [5.74, 6) is -1.37. The lowest BCUT2D eigenvalue weighted by Gasteiger charge is -2.20. The van der Waals surface area contributed by atoms with Crippen molar-refractivity contribution in [1.29, 1.82) is 0 Å². The van der Waals surface area contributed by atoms with Gasteiger partial charge in [0.1, 0.15) is 6.04 Å². The van der Waals surface area contributed by atoms with Crippen LogP contribution in [0.4, 0.5) is 18.0 Å². The Bertz CT molecular complexity index is 322. The molecular weight excluding hydrogens is 277 g/mol. The zero-order chi connectivity index (χ0) is 15.8. The number of carbonyl (C=O) groups excluding carboxylic acids is 1. The summed E-state index contributed by atoms with van der Waals surface area (Å²) in [5.41, 5.74) is 0. The molecule has 0 aliphatic rings. The topological polar surface area (TPSA) is 78.4 Å². The minimum Gasteiger partial charge on any atom is -0.480 e. The molecule has 0 aromatic carbocycles. The van der Waals surface area contributed by atoms with Crippen molar-refractivity contribution in [2.45, 2.75) is 51.7 Å². The van der Waals surface area contributed by atoms with Gasteiger partial charge >= 0.3 is 18.2 Å². The van der Waals surface area contributed by atoms with Crippen molar-refractivity contribution in [2.75, 3.05) is 6.54 Å². The first-order valence-electron chi connectivity index (χ1n) is 6.51. The van der Waals surface area contributed by atoms with Crippen LogP contribution in [0.5, 0.6) is 0 Å². The second kappa shape index (κ2) is 8.65. The van der Waals surface area contributed by atoms with E-state index in [-0.39, 0.29) is 25.3 Å². The first-order valence-corrected chi connectivity index (χ1v) is 6.51. The quantitative estimate of drug-likeness (QED) is 0.602. The van der Waals surface area contributed by atoms with Gasteiger partial charge in [0.25, 0.3) is 0 Å². The second-order valence-corrected chi connectivity index (χ2v) is 4.67. The number of amides is 2. The average molecular weight is 298 g/mol. The molecule has 5 nitrogen and oxygen atoms in total. The molecule has 20 heavy (non-hydrogen) atoms. The molecule has 1 unspecified atom stereocenters. The van der Waals surface area contributed by atoms with Crippen molar-refractivity contribution in [1.82, 2.24) is 10.6 Å². The number of aliphatic carboxylic acids is 1. The van der Waals surface area contributed by atoms with E-state index in [9.17, 15) is 22.8 Å². The molecule has 0 rings (SSSR count). The Morgan fingerprint density at radius 1 is 1.25 bits per heavy atom. The van der Waals surface area contributed by atoms with Crippen LogP contribution in [-0.2, 0) is 4.79 Å². The minimum absolute atomic E-state index is 0.0719. The smallest absolute Gasteiger partial charge is 0.389 e. The first kappa shape index (κ1) is 18.5. The highest BCUT2D eigenvalue weighted by atomic mass is 19.4. The van der Waals surface area contributed by atoms with E-state index < -0.39 is 30.6 Å². The summed E-state index contributed by atoms with van der Waals surface area (Å²) in [4.78, 5) is 22.4. The average Bonchev–Trinajstić information content (AvgIpc) is 2.32. The predicted molar refractivity (Wildman–Crippen MR) is 67.3 cm³/mol. The molecule has 0 aliphatic heterocycles. The van der Waals surface area contributed by atoms with E-state index in [0.29, 0.717) is 6.42 Å². The van der Waals surface area contributed by atoms with E-state index in [1.54, 1.807) is 13.8 Å². The maximum Gasteiger partial charge on any atom is 0.389 e. The number of nitrogens with one attached hydrogen (secondary N) is 2. The van der Waals surface area contributed by atoms with Gasteiger partial charge in [0, 0.05) is 13.0 Å². The molecule has 0 radical (unpaired) electrons. The fourth-order valence-corrected chi connectivity index (χ4v) is 1.53. The molecule has 0 bridgehead atoms. The summed E-state index contributed by atoms with van der Waals surface area (Å²) in [6.45, 7) is 3.58. The molecule has 2 amide bonds. The summed E-state index contributed by atoms with van der Waals surface area (Å²) < 4.78 is 35.6. The van der Waals surface area contributed by atoms with E-state index in [4.69, 9.17) is 5.11 Å². The Hall–Kier alpha value is -1.47. The molecular formula is C12H21F3N2O3. The fourth-order valence-electron chi connectivity index (χ4n) is 1.53. The first-order chi connectivity index (χ1) is 9.17. The highest BCUT2D eigenvalue weighted by Crippen LogP contribution is 2.21. The van der Waals surface area contributed by atoms with Crippen LogP contribution in [0, 0.1) is 5.92 Å². The number of unbranched alkanes of at least 4 members (excludes halogenated alkanes) is 1. The van der Waals surface area contributed by atoms with Crippen molar-refractivity contribution < 1.29 is 27.9 Å². The van der Waals surface area contributed by atoms with E-state index in [1.165, 1.54) is 0 Å². The van der Waals surface area contributed by atoms with Crippen LogP contribution in [0.15, 0.2) is 0 Å². The number of carboxylic acids is 1. The zero-order valence-corrected chi connectivity index (χ0v) is 11.6. The van der Waals surface area contributed by atoms with E-state index in [1.807, 2.05) is 0 Å². The van der Waals surface area contributed by atoms with Crippen LogP contribution in [-0.4, -0.2) is 35.9 Å². The number of carboxylic acid groups (broad SMARTS) is 1. The molecule has 118 valence electrons. The zero-order valence-electron chi connectivity index (χ0n) is 11.6. The number of rotatable bonds is 8. The van der Waals surface area contributed by atoms with Gasteiger partial charge in [-0.15, -0.1) is 0 Å². The predicted octanol–water partition coefficient (Wildman–Crippen LogP) is 2.52. The van der Waals surface area contributed by atoms with Gasteiger partial charge in [-0.1, -0.05) is 20.3 Å². The highest BCUT2D eigenvalue weighted by Gasteiger charge is 2.26.